The lowest BCUT2D eigenvalue weighted by Crippen LogP contribution is -2.44. The van der Waals surface area contributed by atoms with Gasteiger partial charge in [-0.05, 0) is 26.3 Å². The van der Waals surface area contributed by atoms with E-state index in [0.29, 0.717) is 11.9 Å². The van der Waals surface area contributed by atoms with E-state index in [1.165, 1.54) is 19.0 Å². The number of hydrogen-bond donors (Lipinski definition) is 2. The van der Waals surface area contributed by atoms with Gasteiger partial charge in [0.25, 0.3) is 5.91 Å². The predicted molar refractivity (Wildman–Crippen MR) is 74.1 cm³/mol. The Bertz CT molecular complexity index is 431. The Morgan fingerprint density at radius 1 is 1.47 bits per heavy atom. The molecule has 1 atom stereocenters. The molecular weight excluding hydrogens is 242 g/mol. The van der Waals surface area contributed by atoms with Crippen LogP contribution in [0.2, 0.25) is 0 Å². The number of primary amides is 1. The van der Waals surface area contributed by atoms with Gasteiger partial charge in [0.15, 0.2) is 11.5 Å². The normalized spacial score (nSPS) is 19.1. The van der Waals surface area contributed by atoms with Crippen LogP contribution in [0.4, 0.5) is 5.82 Å². The molecule has 1 aliphatic heterocycles. The van der Waals surface area contributed by atoms with Gasteiger partial charge in [-0.3, -0.25) is 4.79 Å². The smallest absolute Gasteiger partial charge is 0.271 e. The highest BCUT2D eigenvalue weighted by Gasteiger charge is 2.20. The second kappa shape index (κ2) is 6.47. The van der Waals surface area contributed by atoms with Gasteiger partial charge < -0.3 is 16.0 Å². The molecule has 3 N–H and O–H groups in total. The van der Waals surface area contributed by atoms with E-state index in [-0.39, 0.29) is 5.69 Å². The lowest BCUT2D eigenvalue weighted by atomic mass is 10.0. The van der Waals surface area contributed by atoms with E-state index < -0.39 is 5.91 Å². The van der Waals surface area contributed by atoms with Crippen molar-refractivity contribution in [2.24, 2.45) is 5.73 Å². The molecule has 1 saturated heterocycles. The minimum absolute atomic E-state index is 0.250. The van der Waals surface area contributed by atoms with Gasteiger partial charge >= 0.3 is 0 Å². The van der Waals surface area contributed by atoms with Crippen molar-refractivity contribution >= 4 is 11.7 Å². The number of carbonyl (C=O) groups excluding carboxylic acids is 1. The standard InChI is InChI=1S/C13H21N5O/c1-2-18(9-10-5-3-4-6-15-10)13-11(12(14)19)16-7-8-17-13/h7-8,10,15H,2-6,9H2,1H3,(H2,14,19). The van der Waals surface area contributed by atoms with E-state index in [0.717, 1.165) is 26.1 Å². The van der Waals surface area contributed by atoms with E-state index in [1.54, 1.807) is 6.20 Å². The van der Waals surface area contributed by atoms with Gasteiger partial charge in [0.05, 0.1) is 0 Å². The highest BCUT2D eigenvalue weighted by atomic mass is 16.1. The molecule has 0 aromatic carbocycles. The van der Waals surface area contributed by atoms with Crippen LogP contribution in [0.1, 0.15) is 36.7 Å². The first-order valence-corrected chi connectivity index (χ1v) is 6.81. The number of rotatable bonds is 5. The van der Waals surface area contributed by atoms with Crippen LogP contribution in [0, 0.1) is 0 Å². The van der Waals surface area contributed by atoms with Crippen molar-refractivity contribution in [2.75, 3.05) is 24.5 Å². The molecule has 0 spiro atoms. The second-order valence-electron chi connectivity index (χ2n) is 4.78. The first-order valence-electron chi connectivity index (χ1n) is 6.81. The molecule has 6 heteroatoms. The third-order valence-corrected chi connectivity index (χ3v) is 3.45. The van der Waals surface area contributed by atoms with E-state index in [9.17, 15) is 4.79 Å². The molecule has 0 bridgehead atoms. The minimum atomic E-state index is -0.529. The summed E-state index contributed by atoms with van der Waals surface area (Å²) in [6.45, 7) is 4.71. The Balaban J connectivity index is 2.14. The van der Waals surface area contributed by atoms with Gasteiger partial charge in [-0.1, -0.05) is 6.42 Å². The molecule has 6 nitrogen and oxygen atoms in total. The van der Waals surface area contributed by atoms with Gasteiger partial charge in [0.2, 0.25) is 0 Å². The zero-order valence-electron chi connectivity index (χ0n) is 11.3. The van der Waals surface area contributed by atoms with Crippen molar-refractivity contribution in [1.82, 2.24) is 15.3 Å². The maximum Gasteiger partial charge on any atom is 0.271 e. The number of likely N-dealkylation sites (N-methyl/N-ethyl adjacent to an activating group) is 1. The third-order valence-electron chi connectivity index (χ3n) is 3.45. The number of amides is 1. The van der Waals surface area contributed by atoms with Crippen LogP contribution in [0.3, 0.4) is 0 Å². The lowest BCUT2D eigenvalue weighted by molar-refractivity contribution is 0.0995. The van der Waals surface area contributed by atoms with E-state index in [2.05, 4.69) is 20.2 Å². The Kier molecular flexibility index (Phi) is 4.68. The Morgan fingerprint density at radius 2 is 2.26 bits per heavy atom. The van der Waals surface area contributed by atoms with Crippen LogP contribution in [0.5, 0.6) is 0 Å². The van der Waals surface area contributed by atoms with Crippen LogP contribution in [0.25, 0.3) is 0 Å². The largest absolute Gasteiger partial charge is 0.364 e. The molecular formula is C13H21N5O. The number of aromatic nitrogens is 2. The molecule has 1 aliphatic rings. The summed E-state index contributed by atoms with van der Waals surface area (Å²) >= 11 is 0. The molecule has 0 aliphatic carbocycles. The molecule has 1 aromatic heterocycles. The highest BCUT2D eigenvalue weighted by molar-refractivity contribution is 5.95. The number of carbonyl (C=O) groups is 1. The Hall–Kier alpha value is -1.69. The van der Waals surface area contributed by atoms with Crippen LogP contribution >= 0.6 is 0 Å². The fourth-order valence-corrected chi connectivity index (χ4v) is 2.45. The van der Waals surface area contributed by atoms with Crippen LogP contribution in [-0.4, -0.2) is 41.6 Å². The second-order valence-corrected chi connectivity index (χ2v) is 4.78. The maximum atomic E-state index is 11.4. The molecule has 0 saturated carbocycles. The van der Waals surface area contributed by atoms with E-state index in [1.807, 2.05) is 6.92 Å². The fraction of sp³-hybridized carbons (Fsp3) is 0.615. The zero-order chi connectivity index (χ0) is 13.7. The van der Waals surface area contributed by atoms with Crippen LogP contribution in [-0.2, 0) is 0 Å². The highest BCUT2D eigenvalue weighted by Crippen LogP contribution is 2.17. The quantitative estimate of drug-likeness (QED) is 0.810. The first kappa shape index (κ1) is 13.7. The number of nitrogens with zero attached hydrogens (tertiary/aromatic N) is 3. The molecule has 1 aromatic rings. The summed E-state index contributed by atoms with van der Waals surface area (Å²) in [4.78, 5) is 21.8. The van der Waals surface area contributed by atoms with Crippen molar-refractivity contribution in [1.29, 1.82) is 0 Å². The van der Waals surface area contributed by atoms with E-state index in [4.69, 9.17) is 5.73 Å². The summed E-state index contributed by atoms with van der Waals surface area (Å²) in [6.07, 6.45) is 6.73. The molecule has 2 rings (SSSR count). The zero-order valence-corrected chi connectivity index (χ0v) is 11.3. The topological polar surface area (TPSA) is 84.1 Å². The number of piperidine rings is 1. The van der Waals surface area contributed by atoms with Gasteiger partial charge in [-0.25, -0.2) is 9.97 Å². The number of hydrogen-bond acceptors (Lipinski definition) is 5. The van der Waals surface area contributed by atoms with Crippen molar-refractivity contribution in [2.45, 2.75) is 32.2 Å². The van der Waals surface area contributed by atoms with Crippen molar-refractivity contribution in [3.8, 4) is 0 Å². The van der Waals surface area contributed by atoms with Crippen molar-refractivity contribution in [3.05, 3.63) is 18.1 Å². The predicted octanol–water partition coefficient (Wildman–Crippen LogP) is 0.544. The lowest BCUT2D eigenvalue weighted by Gasteiger charge is -2.31. The van der Waals surface area contributed by atoms with Gasteiger partial charge in [-0.15, -0.1) is 0 Å². The third kappa shape index (κ3) is 3.41. The molecule has 104 valence electrons. The van der Waals surface area contributed by atoms with Crippen LogP contribution < -0.4 is 16.0 Å². The molecule has 1 unspecified atom stereocenters. The van der Waals surface area contributed by atoms with Gasteiger partial charge in [0, 0.05) is 31.5 Å². The molecule has 1 amide bonds. The van der Waals surface area contributed by atoms with Crippen molar-refractivity contribution < 1.29 is 4.79 Å². The molecule has 19 heavy (non-hydrogen) atoms. The fourth-order valence-electron chi connectivity index (χ4n) is 2.45. The first-order chi connectivity index (χ1) is 9.22. The minimum Gasteiger partial charge on any atom is -0.364 e. The average molecular weight is 263 g/mol. The summed E-state index contributed by atoms with van der Waals surface area (Å²) in [5.74, 6) is 0.0584. The monoisotopic (exact) mass is 263 g/mol. The maximum absolute atomic E-state index is 11.4. The number of anilines is 1. The van der Waals surface area contributed by atoms with Gasteiger partial charge in [0.1, 0.15) is 0 Å². The molecule has 2 heterocycles. The number of nitrogens with two attached hydrogens (primary N) is 1. The number of nitrogens with one attached hydrogen (secondary N) is 1. The SMILES string of the molecule is CCN(CC1CCCCN1)c1nccnc1C(N)=O. The summed E-state index contributed by atoms with van der Waals surface area (Å²) in [5.41, 5.74) is 5.61. The van der Waals surface area contributed by atoms with E-state index >= 15 is 0 Å². The summed E-state index contributed by atoms with van der Waals surface area (Å²) in [5, 5.41) is 3.50. The summed E-state index contributed by atoms with van der Waals surface area (Å²) < 4.78 is 0. The van der Waals surface area contributed by atoms with Crippen molar-refractivity contribution in [3.63, 3.8) is 0 Å². The Labute approximate surface area is 113 Å². The molecule has 0 radical (unpaired) electrons. The summed E-state index contributed by atoms with van der Waals surface area (Å²) in [6, 6.07) is 0.441. The Morgan fingerprint density at radius 3 is 2.89 bits per heavy atom. The molecule has 1 fully saturated rings. The average Bonchev–Trinajstić information content (AvgIpc) is 2.46. The van der Waals surface area contributed by atoms with Crippen LogP contribution in [0.15, 0.2) is 12.4 Å². The summed E-state index contributed by atoms with van der Waals surface area (Å²) in [7, 11) is 0. The van der Waals surface area contributed by atoms with Gasteiger partial charge in [-0.2, -0.15) is 0 Å².